The molecule has 0 atom stereocenters. The van der Waals surface area contributed by atoms with Crippen molar-refractivity contribution in [2.75, 3.05) is 11.2 Å². The van der Waals surface area contributed by atoms with E-state index >= 15 is 0 Å². The predicted octanol–water partition coefficient (Wildman–Crippen LogP) is 2.14. The summed E-state index contributed by atoms with van der Waals surface area (Å²) in [5, 5.41) is 11.7. The van der Waals surface area contributed by atoms with E-state index in [2.05, 4.69) is 5.32 Å². The summed E-state index contributed by atoms with van der Waals surface area (Å²) in [7, 11) is 0. The van der Waals surface area contributed by atoms with E-state index in [4.69, 9.17) is 16.7 Å². The van der Waals surface area contributed by atoms with E-state index in [1.807, 2.05) is 0 Å². The van der Waals surface area contributed by atoms with Gasteiger partial charge >= 0.3 is 0 Å². The highest BCUT2D eigenvalue weighted by atomic mass is 35.5. The van der Waals surface area contributed by atoms with E-state index < -0.39 is 0 Å². The van der Waals surface area contributed by atoms with Crippen LogP contribution >= 0.6 is 11.6 Å². The van der Waals surface area contributed by atoms with Gasteiger partial charge in [-0.2, -0.15) is 0 Å². The molecule has 0 bridgehead atoms. The first-order valence-electron chi connectivity index (χ1n) is 4.82. The smallest absolute Gasteiger partial charge is 0.224 e. The zero-order chi connectivity index (χ0) is 11.1. The standard InChI is InChI=1S/C11H14ClNO2/c12-6-2-5-11(15)13-10-4-1-3-9(7-10)8-14/h1,3-4,7,14H,2,5-6,8H2,(H,13,15). The summed E-state index contributed by atoms with van der Waals surface area (Å²) in [4.78, 5) is 11.3. The van der Waals surface area contributed by atoms with Gasteiger partial charge in [0.15, 0.2) is 0 Å². The summed E-state index contributed by atoms with van der Waals surface area (Å²) in [6, 6.07) is 7.13. The zero-order valence-corrected chi connectivity index (χ0v) is 9.13. The predicted molar refractivity (Wildman–Crippen MR) is 60.9 cm³/mol. The minimum absolute atomic E-state index is 0.0224. The van der Waals surface area contributed by atoms with Crippen LogP contribution in [0.15, 0.2) is 24.3 Å². The van der Waals surface area contributed by atoms with Gasteiger partial charge in [0.1, 0.15) is 0 Å². The third-order valence-electron chi connectivity index (χ3n) is 1.93. The molecule has 0 aromatic heterocycles. The number of carbonyl (C=O) groups is 1. The van der Waals surface area contributed by atoms with Crippen molar-refractivity contribution in [1.82, 2.24) is 0 Å². The Balaban J connectivity index is 2.52. The lowest BCUT2D eigenvalue weighted by atomic mass is 10.2. The lowest BCUT2D eigenvalue weighted by Crippen LogP contribution is -2.11. The molecule has 1 aromatic rings. The summed E-state index contributed by atoms with van der Waals surface area (Å²) in [5.41, 5.74) is 1.49. The van der Waals surface area contributed by atoms with Crippen molar-refractivity contribution in [1.29, 1.82) is 0 Å². The molecule has 0 radical (unpaired) electrons. The third-order valence-corrected chi connectivity index (χ3v) is 2.20. The Morgan fingerprint density at radius 2 is 2.27 bits per heavy atom. The Labute approximate surface area is 94.1 Å². The second kappa shape index (κ2) is 6.43. The van der Waals surface area contributed by atoms with Gasteiger partial charge in [-0.3, -0.25) is 4.79 Å². The summed E-state index contributed by atoms with van der Waals surface area (Å²) in [5.74, 6) is 0.440. The van der Waals surface area contributed by atoms with Crippen LogP contribution in [0.1, 0.15) is 18.4 Å². The Morgan fingerprint density at radius 3 is 2.93 bits per heavy atom. The normalized spacial score (nSPS) is 10.0. The number of rotatable bonds is 5. The number of halogens is 1. The van der Waals surface area contributed by atoms with E-state index in [-0.39, 0.29) is 12.5 Å². The second-order valence-corrected chi connectivity index (χ2v) is 3.58. The van der Waals surface area contributed by atoms with Crippen molar-refractivity contribution >= 4 is 23.2 Å². The maximum absolute atomic E-state index is 11.3. The van der Waals surface area contributed by atoms with Crippen molar-refractivity contribution in [2.24, 2.45) is 0 Å². The highest BCUT2D eigenvalue weighted by Crippen LogP contribution is 2.11. The van der Waals surface area contributed by atoms with Gasteiger partial charge in [-0.1, -0.05) is 12.1 Å². The monoisotopic (exact) mass is 227 g/mol. The topological polar surface area (TPSA) is 49.3 Å². The zero-order valence-electron chi connectivity index (χ0n) is 8.37. The summed E-state index contributed by atoms with van der Waals surface area (Å²) in [6.45, 7) is -0.0224. The molecule has 4 heteroatoms. The molecule has 0 saturated heterocycles. The minimum atomic E-state index is -0.0502. The fraction of sp³-hybridized carbons (Fsp3) is 0.364. The second-order valence-electron chi connectivity index (χ2n) is 3.20. The average Bonchev–Trinajstić information content (AvgIpc) is 2.26. The van der Waals surface area contributed by atoms with Crippen LogP contribution in [0.2, 0.25) is 0 Å². The highest BCUT2D eigenvalue weighted by Gasteiger charge is 2.01. The fourth-order valence-corrected chi connectivity index (χ4v) is 1.33. The molecule has 82 valence electrons. The van der Waals surface area contributed by atoms with Crippen LogP contribution in [-0.4, -0.2) is 16.9 Å². The molecule has 3 nitrogen and oxygen atoms in total. The highest BCUT2D eigenvalue weighted by molar-refractivity contribution is 6.18. The minimum Gasteiger partial charge on any atom is -0.392 e. The van der Waals surface area contributed by atoms with E-state index in [1.54, 1.807) is 24.3 Å². The Kier molecular flexibility index (Phi) is 5.15. The molecule has 0 aliphatic heterocycles. The molecule has 0 aliphatic rings. The largest absolute Gasteiger partial charge is 0.392 e. The number of aliphatic hydroxyl groups is 1. The molecule has 2 N–H and O–H groups in total. The number of anilines is 1. The fourth-order valence-electron chi connectivity index (χ4n) is 1.20. The van der Waals surface area contributed by atoms with Crippen molar-refractivity contribution in [3.8, 4) is 0 Å². The Morgan fingerprint density at radius 1 is 1.47 bits per heavy atom. The number of carbonyl (C=O) groups excluding carboxylic acids is 1. The first-order valence-corrected chi connectivity index (χ1v) is 5.35. The summed E-state index contributed by atoms with van der Waals surface area (Å²) >= 11 is 5.48. The van der Waals surface area contributed by atoms with Gasteiger partial charge in [0.25, 0.3) is 0 Å². The number of aliphatic hydroxyl groups excluding tert-OH is 1. The number of amides is 1. The molecule has 1 rings (SSSR count). The van der Waals surface area contributed by atoms with Gasteiger partial charge in [0.05, 0.1) is 6.61 Å². The van der Waals surface area contributed by atoms with Crippen LogP contribution in [-0.2, 0) is 11.4 Å². The van der Waals surface area contributed by atoms with E-state index in [1.165, 1.54) is 0 Å². The maximum atomic E-state index is 11.3. The maximum Gasteiger partial charge on any atom is 0.224 e. The number of alkyl halides is 1. The number of hydrogen-bond acceptors (Lipinski definition) is 2. The quantitative estimate of drug-likeness (QED) is 0.758. The molecular formula is C11H14ClNO2. The van der Waals surface area contributed by atoms with Crippen LogP contribution in [0.5, 0.6) is 0 Å². The molecule has 0 saturated carbocycles. The molecule has 1 aromatic carbocycles. The van der Waals surface area contributed by atoms with Gasteiger partial charge in [-0.15, -0.1) is 11.6 Å². The average molecular weight is 228 g/mol. The SMILES string of the molecule is O=C(CCCCl)Nc1cccc(CO)c1. The Hall–Kier alpha value is -1.06. The van der Waals surface area contributed by atoms with Crippen LogP contribution in [0, 0.1) is 0 Å². The van der Waals surface area contributed by atoms with Gasteiger partial charge in [0, 0.05) is 18.0 Å². The van der Waals surface area contributed by atoms with Crippen LogP contribution < -0.4 is 5.32 Å². The van der Waals surface area contributed by atoms with E-state index in [0.717, 1.165) is 5.56 Å². The molecule has 1 amide bonds. The third kappa shape index (κ3) is 4.32. The van der Waals surface area contributed by atoms with Gasteiger partial charge < -0.3 is 10.4 Å². The molecule has 0 heterocycles. The van der Waals surface area contributed by atoms with Crippen LogP contribution in [0.25, 0.3) is 0 Å². The van der Waals surface area contributed by atoms with Gasteiger partial charge in [-0.25, -0.2) is 0 Å². The molecule has 0 spiro atoms. The van der Waals surface area contributed by atoms with Crippen LogP contribution in [0.3, 0.4) is 0 Å². The number of benzene rings is 1. The first-order chi connectivity index (χ1) is 7.26. The first kappa shape index (κ1) is 12.0. The van der Waals surface area contributed by atoms with Crippen molar-refractivity contribution in [3.63, 3.8) is 0 Å². The van der Waals surface area contributed by atoms with Crippen molar-refractivity contribution in [3.05, 3.63) is 29.8 Å². The van der Waals surface area contributed by atoms with E-state index in [0.29, 0.717) is 24.4 Å². The van der Waals surface area contributed by atoms with Crippen molar-refractivity contribution < 1.29 is 9.90 Å². The van der Waals surface area contributed by atoms with Crippen molar-refractivity contribution in [2.45, 2.75) is 19.4 Å². The molecule has 0 aliphatic carbocycles. The lowest BCUT2D eigenvalue weighted by molar-refractivity contribution is -0.116. The summed E-state index contributed by atoms with van der Waals surface area (Å²) < 4.78 is 0. The Bertz CT molecular complexity index is 328. The number of nitrogens with one attached hydrogen (secondary N) is 1. The van der Waals surface area contributed by atoms with Gasteiger partial charge in [0.2, 0.25) is 5.91 Å². The molecular weight excluding hydrogens is 214 g/mol. The molecule has 0 fully saturated rings. The lowest BCUT2D eigenvalue weighted by Gasteiger charge is -2.05. The van der Waals surface area contributed by atoms with Crippen LogP contribution in [0.4, 0.5) is 5.69 Å². The van der Waals surface area contributed by atoms with E-state index in [9.17, 15) is 4.79 Å². The molecule has 0 unspecified atom stereocenters. The summed E-state index contributed by atoms with van der Waals surface area (Å²) in [6.07, 6.45) is 1.10. The number of hydrogen-bond donors (Lipinski definition) is 2. The molecule has 15 heavy (non-hydrogen) atoms. The van der Waals surface area contributed by atoms with Gasteiger partial charge in [-0.05, 0) is 24.1 Å².